The molecule has 0 aromatic carbocycles. The van der Waals surface area contributed by atoms with Crippen molar-refractivity contribution in [2.75, 3.05) is 13.6 Å². The van der Waals surface area contributed by atoms with Crippen LogP contribution in [-0.4, -0.2) is 35.5 Å². The molecule has 0 unspecified atom stereocenters. The summed E-state index contributed by atoms with van der Waals surface area (Å²) >= 11 is 0. The summed E-state index contributed by atoms with van der Waals surface area (Å²) in [5.74, 6) is -1.23. The number of aliphatic carboxylic acids is 1. The number of carbonyl (C=O) groups is 2. The first-order chi connectivity index (χ1) is 4.04. The quantitative estimate of drug-likeness (QED) is 0.629. The van der Waals surface area contributed by atoms with Crippen molar-refractivity contribution in [1.29, 1.82) is 0 Å². The molecule has 0 bridgehead atoms. The molecule has 0 atom stereocenters. The molecule has 10 heavy (non-hydrogen) atoms. The van der Waals surface area contributed by atoms with E-state index in [1.165, 1.54) is 14.0 Å². The molecule has 0 fully saturated rings. The molecule has 4 nitrogen and oxygen atoms in total. The topological polar surface area (TPSA) is 57.6 Å². The van der Waals surface area contributed by atoms with Gasteiger partial charge >= 0.3 is 5.97 Å². The van der Waals surface area contributed by atoms with Gasteiger partial charge in [0, 0.05) is 32.5 Å². The average molecular weight is 182 g/mol. The zero-order valence-corrected chi connectivity index (χ0v) is 7.26. The molecule has 1 N–H and O–H groups in total. The summed E-state index contributed by atoms with van der Waals surface area (Å²) in [5.41, 5.74) is 0. The monoisotopic (exact) mass is 182 g/mol. The van der Waals surface area contributed by atoms with Crippen LogP contribution >= 0.6 is 0 Å². The normalized spacial score (nSPS) is 7.80. The number of hydrogen-bond acceptors (Lipinski definition) is 2. The third kappa shape index (κ3) is 5.66. The van der Waals surface area contributed by atoms with Gasteiger partial charge in [0.25, 0.3) is 0 Å². The van der Waals surface area contributed by atoms with Gasteiger partial charge in [-0.25, -0.2) is 0 Å². The first kappa shape index (κ1) is 12.2. The Morgan fingerprint density at radius 2 is 1.90 bits per heavy atom. The zero-order chi connectivity index (χ0) is 7.44. The minimum Gasteiger partial charge on any atom is -0.480 e. The van der Waals surface area contributed by atoms with Gasteiger partial charge < -0.3 is 10.0 Å². The number of likely N-dealkylation sites (N-methyl/N-ethyl adjacent to an activating group) is 1. The number of carboxylic acids is 1. The molecular weight excluding hydrogens is 173 g/mol. The first-order valence-corrected chi connectivity index (χ1v) is 2.47. The Morgan fingerprint density at radius 1 is 1.50 bits per heavy atom. The minimum atomic E-state index is -0.993. The van der Waals surface area contributed by atoms with E-state index < -0.39 is 5.97 Å². The number of hydrogen-bond donors (Lipinski definition) is 1. The summed E-state index contributed by atoms with van der Waals surface area (Å²) in [6.45, 7) is 1.10. The molecule has 0 saturated carbocycles. The number of carbonyl (C=O) groups excluding carboxylic acids is 1. The van der Waals surface area contributed by atoms with E-state index in [9.17, 15) is 9.59 Å². The predicted octanol–water partition coefficient (Wildman–Crippen LogP) is -0.453. The molecular formula is C5H9NO3V. The van der Waals surface area contributed by atoms with Gasteiger partial charge in [0.1, 0.15) is 6.54 Å². The van der Waals surface area contributed by atoms with Crippen LogP contribution in [-0.2, 0) is 28.1 Å². The number of rotatable bonds is 2. The Morgan fingerprint density at radius 3 is 2.00 bits per heavy atom. The molecule has 57 valence electrons. The van der Waals surface area contributed by atoms with Gasteiger partial charge in [-0.2, -0.15) is 0 Å². The fraction of sp³-hybridized carbons (Fsp3) is 0.600. The maximum atomic E-state index is 10.3. The molecule has 0 aliphatic heterocycles. The maximum absolute atomic E-state index is 10.3. The molecule has 1 radical (unpaired) electrons. The molecule has 1 amide bonds. The van der Waals surface area contributed by atoms with Gasteiger partial charge in [-0.1, -0.05) is 0 Å². The van der Waals surface area contributed by atoms with Crippen LogP contribution in [0.2, 0.25) is 0 Å². The summed E-state index contributed by atoms with van der Waals surface area (Å²) in [6.07, 6.45) is 0. The van der Waals surface area contributed by atoms with Gasteiger partial charge in [-0.15, -0.1) is 0 Å². The van der Waals surface area contributed by atoms with E-state index in [0.29, 0.717) is 0 Å². The standard InChI is InChI=1S/C5H9NO3.V/c1-4(7)6(2)3-5(8)9;/h3H2,1-2H3,(H,8,9);. The number of nitrogens with zero attached hydrogens (tertiary/aromatic N) is 1. The molecule has 0 saturated heterocycles. The van der Waals surface area contributed by atoms with E-state index in [0.717, 1.165) is 4.90 Å². The van der Waals surface area contributed by atoms with Crippen LogP contribution in [0.5, 0.6) is 0 Å². The smallest absolute Gasteiger partial charge is 0.323 e. The van der Waals surface area contributed by atoms with Gasteiger partial charge in [-0.05, 0) is 0 Å². The molecule has 0 spiro atoms. The van der Waals surface area contributed by atoms with Crippen LogP contribution in [0.25, 0.3) is 0 Å². The summed E-state index contributed by atoms with van der Waals surface area (Å²) < 4.78 is 0. The maximum Gasteiger partial charge on any atom is 0.323 e. The average Bonchev–Trinajstić information content (AvgIpc) is 1.63. The summed E-state index contributed by atoms with van der Waals surface area (Å²) in [7, 11) is 1.44. The third-order valence-corrected chi connectivity index (χ3v) is 0.910. The van der Waals surface area contributed by atoms with Crippen molar-refractivity contribution in [3.63, 3.8) is 0 Å². The Labute approximate surface area is 71.1 Å². The minimum absolute atomic E-state index is 0. The van der Waals surface area contributed by atoms with Crippen molar-refractivity contribution in [3.8, 4) is 0 Å². The van der Waals surface area contributed by atoms with Crippen LogP contribution in [0.1, 0.15) is 6.92 Å². The molecule has 0 rings (SSSR count). The van der Waals surface area contributed by atoms with Crippen LogP contribution < -0.4 is 0 Å². The van der Waals surface area contributed by atoms with Crippen LogP contribution in [0.3, 0.4) is 0 Å². The van der Waals surface area contributed by atoms with E-state index in [1.54, 1.807) is 0 Å². The van der Waals surface area contributed by atoms with Gasteiger partial charge in [0.2, 0.25) is 5.91 Å². The summed E-state index contributed by atoms with van der Waals surface area (Å²) in [5, 5.41) is 8.14. The Hall–Kier alpha value is -0.476. The first-order valence-electron chi connectivity index (χ1n) is 2.47. The van der Waals surface area contributed by atoms with Crippen LogP contribution in [0, 0.1) is 0 Å². The molecule has 0 heterocycles. The fourth-order valence-electron chi connectivity index (χ4n) is 0.314. The summed E-state index contributed by atoms with van der Waals surface area (Å²) in [6, 6.07) is 0. The van der Waals surface area contributed by atoms with Gasteiger partial charge in [0.15, 0.2) is 0 Å². The number of carboxylic acid groups (broad SMARTS) is 1. The Bertz CT molecular complexity index is 137. The third-order valence-electron chi connectivity index (χ3n) is 0.910. The van der Waals surface area contributed by atoms with Crippen LogP contribution in [0.4, 0.5) is 0 Å². The van der Waals surface area contributed by atoms with Gasteiger partial charge in [0.05, 0.1) is 0 Å². The van der Waals surface area contributed by atoms with E-state index in [4.69, 9.17) is 5.11 Å². The second-order valence-corrected chi connectivity index (χ2v) is 1.77. The molecule has 5 heteroatoms. The van der Waals surface area contributed by atoms with Crippen LogP contribution in [0.15, 0.2) is 0 Å². The van der Waals surface area contributed by atoms with Crippen molar-refractivity contribution < 1.29 is 33.3 Å². The van der Waals surface area contributed by atoms with Crippen molar-refractivity contribution in [2.24, 2.45) is 0 Å². The predicted molar refractivity (Wildman–Crippen MR) is 30.9 cm³/mol. The van der Waals surface area contributed by atoms with Crippen molar-refractivity contribution in [1.82, 2.24) is 4.90 Å². The molecule has 0 aromatic heterocycles. The van der Waals surface area contributed by atoms with Gasteiger partial charge in [-0.3, -0.25) is 9.59 Å². The molecule has 0 aromatic rings. The fourth-order valence-corrected chi connectivity index (χ4v) is 0.314. The van der Waals surface area contributed by atoms with Crippen molar-refractivity contribution in [2.45, 2.75) is 6.92 Å². The SMILES string of the molecule is CC(=O)N(C)CC(=O)O.[V]. The Balaban J connectivity index is 0. The van der Waals surface area contributed by atoms with E-state index in [1.807, 2.05) is 0 Å². The Kier molecular flexibility index (Phi) is 6.50. The number of amides is 1. The van der Waals surface area contributed by atoms with Crippen molar-refractivity contribution in [3.05, 3.63) is 0 Å². The second-order valence-electron chi connectivity index (χ2n) is 1.77. The second kappa shape index (κ2) is 5.32. The van der Waals surface area contributed by atoms with Crippen molar-refractivity contribution >= 4 is 11.9 Å². The molecule has 0 aliphatic carbocycles. The van der Waals surface area contributed by atoms with E-state index in [2.05, 4.69) is 0 Å². The molecule has 0 aliphatic rings. The van der Waals surface area contributed by atoms with E-state index >= 15 is 0 Å². The van der Waals surface area contributed by atoms with E-state index in [-0.39, 0.29) is 31.0 Å². The summed E-state index contributed by atoms with van der Waals surface area (Å²) in [4.78, 5) is 21.4. The zero-order valence-electron chi connectivity index (χ0n) is 5.87. The largest absolute Gasteiger partial charge is 0.480 e.